The third kappa shape index (κ3) is 5.32. The standard InChI is InChI=1S/C20H22N4O3/c1-20(13-22,16-6-7-16)23-18(25)12-27-19(26)15(11-21)10-14-4-8-17(9-5-14)24(2)3/h4-5,8-10,16H,6-7,12H2,1-3H3,(H,23,25)/b15-10+/t20-/m1/s1. The number of ether oxygens (including phenoxy) is 1. The maximum Gasteiger partial charge on any atom is 0.349 e. The first-order valence-electron chi connectivity index (χ1n) is 8.57. The Balaban J connectivity index is 1.95. The minimum Gasteiger partial charge on any atom is -0.451 e. The molecule has 0 aromatic heterocycles. The van der Waals surface area contributed by atoms with E-state index in [-0.39, 0.29) is 11.5 Å². The number of nitrogens with zero attached hydrogens (tertiary/aromatic N) is 3. The molecule has 1 aliphatic carbocycles. The van der Waals surface area contributed by atoms with Crippen molar-refractivity contribution < 1.29 is 14.3 Å². The maximum atomic E-state index is 12.1. The van der Waals surface area contributed by atoms with Crippen LogP contribution in [0.1, 0.15) is 25.3 Å². The number of carbonyl (C=O) groups excluding carboxylic acids is 2. The summed E-state index contributed by atoms with van der Waals surface area (Å²) in [5, 5.41) is 21.0. The fraction of sp³-hybridized carbons (Fsp3) is 0.400. The Morgan fingerprint density at radius 2 is 1.93 bits per heavy atom. The number of anilines is 1. The summed E-state index contributed by atoms with van der Waals surface area (Å²) in [6, 6.07) is 11.2. The molecule has 0 heterocycles. The van der Waals surface area contributed by atoms with E-state index in [1.807, 2.05) is 31.1 Å². The topological polar surface area (TPSA) is 106 Å². The lowest BCUT2D eigenvalue weighted by Gasteiger charge is -2.22. The summed E-state index contributed by atoms with van der Waals surface area (Å²) in [6.45, 7) is 1.11. The number of benzene rings is 1. The molecule has 1 aromatic carbocycles. The van der Waals surface area contributed by atoms with Gasteiger partial charge < -0.3 is 15.0 Å². The summed E-state index contributed by atoms with van der Waals surface area (Å²) in [6.07, 6.45) is 3.18. The average molecular weight is 366 g/mol. The van der Waals surface area contributed by atoms with Gasteiger partial charge >= 0.3 is 5.97 Å². The molecule has 0 unspecified atom stereocenters. The molecular weight excluding hydrogens is 344 g/mol. The van der Waals surface area contributed by atoms with Crippen molar-refractivity contribution in [2.45, 2.75) is 25.3 Å². The largest absolute Gasteiger partial charge is 0.451 e. The van der Waals surface area contributed by atoms with E-state index < -0.39 is 24.0 Å². The second kappa shape index (κ2) is 8.37. The number of nitriles is 2. The Bertz CT molecular complexity index is 826. The van der Waals surface area contributed by atoms with Gasteiger partial charge in [-0.3, -0.25) is 4.79 Å². The van der Waals surface area contributed by atoms with Gasteiger partial charge in [-0.1, -0.05) is 12.1 Å². The van der Waals surface area contributed by atoms with Gasteiger partial charge in [0.15, 0.2) is 6.61 Å². The van der Waals surface area contributed by atoms with Crippen molar-refractivity contribution in [1.82, 2.24) is 5.32 Å². The molecule has 0 spiro atoms. The predicted octanol–water partition coefficient (Wildman–Crippen LogP) is 2.01. The van der Waals surface area contributed by atoms with Crippen LogP contribution in [0, 0.1) is 28.6 Å². The van der Waals surface area contributed by atoms with Gasteiger partial charge in [0.1, 0.15) is 17.2 Å². The molecule has 1 saturated carbocycles. The van der Waals surface area contributed by atoms with Crippen LogP contribution in [0.5, 0.6) is 0 Å². The van der Waals surface area contributed by atoms with E-state index in [2.05, 4.69) is 11.4 Å². The average Bonchev–Trinajstić information content (AvgIpc) is 3.50. The van der Waals surface area contributed by atoms with Crippen molar-refractivity contribution in [3.8, 4) is 12.1 Å². The zero-order valence-electron chi connectivity index (χ0n) is 15.7. The first kappa shape index (κ1) is 20.0. The van der Waals surface area contributed by atoms with Crippen molar-refractivity contribution >= 4 is 23.6 Å². The van der Waals surface area contributed by atoms with Gasteiger partial charge in [-0.25, -0.2) is 4.79 Å². The normalized spacial score (nSPS) is 15.7. The van der Waals surface area contributed by atoms with Crippen LogP contribution in [0.15, 0.2) is 29.8 Å². The van der Waals surface area contributed by atoms with E-state index >= 15 is 0 Å². The lowest BCUT2D eigenvalue weighted by atomic mass is 9.98. The Morgan fingerprint density at radius 3 is 2.41 bits per heavy atom. The number of hydrogen-bond acceptors (Lipinski definition) is 6. The SMILES string of the molecule is CN(C)c1ccc(/C=C(\C#N)C(=O)OCC(=O)N[C@](C)(C#N)C2CC2)cc1. The number of carbonyl (C=O) groups is 2. The van der Waals surface area contributed by atoms with Gasteiger partial charge in [0.05, 0.1) is 6.07 Å². The predicted molar refractivity (Wildman–Crippen MR) is 100 cm³/mol. The highest BCUT2D eigenvalue weighted by molar-refractivity contribution is 5.98. The van der Waals surface area contributed by atoms with Crippen molar-refractivity contribution in [2.75, 3.05) is 25.6 Å². The highest BCUT2D eigenvalue weighted by Crippen LogP contribution is 2.39. The summed E-state index contributed by atoms with van der Waals surface area (Å²) in [5.74, 6) is -1.32. The number of esters is 1. The van der Waals surface area contributed by atoms with E-state index in [0.717, 1.165) is 18.5 Å². The van der Waals surface area contributed by atoms with E-state index in [4.69, 9.17) is 4.74 Å². The van der Waals surface area contributed by atoms with Crippen LogP contribution >= 0.6 is 0 Å². The molecule has 1 aliphatic rings. The van der Waals surface area contributed by atoms with Crippen LogP contribution in [0.25, 0.3) is 6.08 Å². The molecular formula is C20H22N4O3. The van der Waals surface area contributed by atoms with Crippen LogP contribution in [-0.4, -0.2) is 38.1 Å². The quantitative estimate of drug-likeness (QED) is 0.449. The molecule has 2 rings (SSSR count). The fourth-order valence-electron chi connectivity index (χ4n) is 2.59. The third-order valence-electron chi connectivity index (χ3n) is 4.42. The van der Waals surface area contributed by atoms with Gasteiger partial charge in [0, 0.05) is 19.8 Å². The Hall–Kier alpha value is -3.32. The minimum atomic E-state index is -0.953. The summed E-state index contributed by atoms with van der Waals surface area (Å²) in [5.41, 5.74) is 0.502. The van der Waals surface area contributed by atoms with Crippen LogP contribution in [0.2, 0.25) is 0 Å². The van der Waals surface area contributed by atoms with Crippen molar-refractivity contribution in [3.63, 3.8) is 0 Å². The summed E-state index contributed by atoms with van der Waals surface area (Å²) in [7, 11) is 3.82. The second-order valence-electron chi connectivity index (χ2n) is 6.87. The molecule has 1 aromatic rings. The molecule has 0 bridgehead atoms. The molecule has 1 amide bonds. The Kier molecular flexibility index (Phi) is 6.20. The highest BCUT2D eigenvalue weighted by Gasteiger charge is 2.43. The highest BCUT2D eigenvalue weighted by atomic mass is 16.5. The minimum absolute atomic E-state index is 0.127. The molecule has 7 nitrogen and oxygen atoms in total. The first-order valence-corrected chi connectivity index (χ1v) is 8.57. The zero-order chi connectivity index (χ0) is 20.0. The maximum absolute atomic E-state index is 12.1. The first-order chi connectivity index (χ1) is 12.8. The fourth-order valence-corrected chi connectivity index (χ4v) is 2.59. The van der Waals surface area contributed by atoms with Gasteiger partial charge in [-0.05, 0) is 49.5 Å². The number of nitrogens with one attached hydrogen (secondary N) is 1. The Labute approximate surface area is 158 Å². The third-order valence-corrected chi connectivity index (χ3v) is 4.42. The number of hydrogen-bond donors (Lipinski definition) is 1. The lowest BCUT2D eigenvalue weighted by Crippen LogP contribution is -2.48. The van der Waals surface area contributed by atoms with Gasteiger partial charge in [0.2, 0.25) is 0 Å². The van der Waals surface area contributed by atoms with Gasteiger partial charge in [0.25, 0.3) is 5.91 Å². The van der Waals surface area contributed by atoms with Crippen LogP contribution in [0.3, 0.4) is 0 Å². The molecule has 140 valence electrons. The zero-order valence-corrected chi connectivity index (χ0v) is 15.7. The smallest absolute Gasteiger partial charge is 0.349 e. The lowest BCUT2D eigenvalue weighted by molar-refractivity contribution is -0.144. The van der Waals surface area contributed by atoms with E-state index in [9.17, 15) is 20.1 Å². The summed E-state index contributed by atoms with van der Waals surface area (Å²) >= 11 is 0. The molecule has 1 fully saturated rings. The van der Waals surface area contributed by atoms with E-state index in [1.165, 1.54) is 6.08 Å². The molecule has 1 atom stereocenters. The second-order valence-corrected chi connectivity index (χ2v) is 6.87. The van der Waals surface area contributed by atoms with Crippen LogP contribution < -0.4 is 10.2 Å². The van der Waals surface area contributed by atoms with E-state index in [1.54, 1.807) is 25.1 Å². The molecule has 27 heavy (non-hydrogen) atoms. The molecule has 0 saturated heterocycles. The summed E-state index contributed by atoms with van der Waals surface area (Å²) < 4.78 is 4.92. The van der Waals surface area contributed by atoms with Crippen LogP contribution in [-0.2, 0) is 14.3 Å². The molecule has 1 N–H and O–H groups in total. The van der Waals surface area contributed by atoms with Gasteiger partial charge in [-0.15, -0.1) is 0 Å². The molecule has 7 heteroatoms. The summed E-state index contributed by atoms with van der Waals surface area (Å²) in [4.78, 5) is 26.0. The number of amides is 1. The van der Waals surface area contributed by atoms with Crippen LogP contribution in [0.4, 0.5) is 5.69 Å². The van der Waals surface area contributed by atoms with Gasteiger partial charge in [-0.2, -0.15) is 10.5 Å². The van der Waals surface area contributed by atoms with E-state index in [0.29, 0.717) is 5.56 Å². The van der Waals surface area contributed by atoms with Crippen molar-refractivity contribution in [1.29, 1.82) is 10.5 Å². The number of rotatable bonds is 7. The molecule has 0 aliphatic heterocycles. The Morgan fingerprint density at radius 1 is 1.30 bits per heavy atom. The monoisotopic (exact) mass is 366 g/mol. The van der Waals surface area contributed by atoms with Crippen molar-refractivity contribution in [2.24, 2.45) is 5.92 Å². The molecule has 0 radical (unpaired) electrons. The van der Waals surface area contributed by atoms with Crippen molar-refractivity contribution in [3.05, 3.63) is 35.4 Å².